The second-order valence-corrected chi connectivity index (χ2v) is 9.14. The minimum absolute atomic E-state index is 0.366. The molecule has 3 heterocycles. The fourth-order valence-corrected chi connectivity index (χ4v) is 5.06. The highest BCUT2D eigenvalue weighted by Crippen LogP contribution is 2.38. The van der Waals surface area contributed by atoms with Crippen molar-refractivity contribution in [1.29, 1.82) is 0 Å². The van der Waals surface area contributed by atoms with Crippen LogP contribution in [0, 0.1) is 6.92 Å². The van der Waals surface area contributed by atoms with Gasteiger partial charge in [-0.05, 0) is 37.7 Å². The summed E-state index contributed by atoms with van der Waals surface area (Å²) in [4.78, 5) is 31.5. The first-order valence-corrected chi connectivity index (χ1v) is 12.1. The van der Waals surface area contributed by atoms with Crippen molar-refractivity contribution < 1.29 is 14.7 Å². The van der Waals surface area contributed by atoms with Crippen molar-refractivity contribution in [3.8, 4) is 0 Å². The maximum atomic E-state index is 13.1. The second kappa shape index (κ2) is 9.17. The van der Waals surface area contributed by atoms with E-state index in [0.717, 1.165) is 40.5 Å². The van der Waals surface area contributed by atoms with Crippen LogP contribution in [0.25, 0.3) is 33.0 Å². The summed E-state index contributed by atoms with van der Waals surface area (Å²) in [5.41, 5.74) is 5.04. The Morgan fingerprint density at radius 3 is 2.43 bits per heavy atom. The van der Waals surface area contributed by atoms with E-state index in [1.165, 1.54) is 0 Å². The highest BCUT2D eigenvalue weighted by atomic mass is 16.3. The third-order valence-corrected chi connectivity index (χ3v) is 6.87. The van der Waals surface area contributed by atoms with Crippen molar-refractivity contribution in [1.82, 2.24) is 19.8 Å². The summed E-state index contributed by atoms with van der Waals surface area (Å²) in [6.07, 6.45) is 3.12. The van der Waals surface area contributed by atoms with E-state index in [0.29, 0.717) is 35.4 Å². The van der Waals surface area contributed by atoms with Gasteiger partial charge in [-0.2, -0.15) is 0 Å². The second-order valence-electron chi connectivity index (χ2n) is 9.14. The van der Waals surface area contributed by atoms with Crippen LogP contribution in [0.4, 0.5) is 0 Å². The fraction of sp³-hybridized carbons (Fsp3) is 0.286. The molecule has 5 rings (SSSR count). The summed E-state index contributed by atoms with van der Waals surface area (Å²) in [5, 5.41) is 15.1. The van der Waals surface area contributed by atoms with E-state index in [9.17, 15) is 14.7 Å². The zero-order valence-corrected chi connectivity index (χ0v) is 20.3. The molecular formula is C28H30N4O3. The third-order valence-electron chi connectivity index (χ3n) is 6.87. The van der Waals surface area contributed by atoms with E-state index in [2.05, 4.69) is 35.1 Å². The van der Waals surface area contributed by atoms with E-state index in [4.69, 9.17) is 0 Å². The van der Waals surface area contributed by atoms with E-state index in [1.807, 2.05) is 54.1 Å². The molecule has 1 aliphatic rings. The molecule has 1 unspecified atom stereocenters. The van der Waals surface area contributed by atoms with Gasteiger partial charge < -0.3 is 19.6 Å². The average Bonchev–Trinajstić information content (AvgIpc) is 3.50. The van der Waals surface area contributed by atoms with Crippen molar-refractivity contribution in [2.75, 3.05) is 19.6 Å². The van der Waals surface area contributed by atoms with Crippen molar-refractivity contribution in [2.24, 2.45) is 0 Å². The van der Waals surface area contributed by atoms with Crippen LogP contribution in [0.15, 0.2) is 54.9 Å². The Morgan fingerprint density at radius 2 is 1.69 bits per heavy atom. The number of carbonyl (C=O) groups excluding carboxylic acids is 2. The van der Waals surface area contributed by atoms with Crippen LogP contribution in [0.1, 0.15) is 30.5 Å². The van der Waals surface area contributed by atoms with Crippen LogP contribution in [0.2, 0.25) is 0 Å². The number of aromatic nitrogens is 2. The molecular weight excluding hydrogens is 440 g/mol. The molecule has 0 bridgehead atoms. The Hall–Kier alpha value is -3.68. The number of nitrogens with zero attached hydrogens (tertiary/aromatic N) is 2. The highest BCUT2D eigenvalue weighted by molar-refractivity contribution is 6.50. The van der Waals surface area contributed by atoms with Gasteiger partial charge in [-0.15, -0.1) is 0 Å². The first-order chi connectivity index (χ1) is 16.9. The lowest BCUT2D eigenvalue weighted by Gasteiger charge is -2.22. The number of fused-ring (bicyclic) bond motifs is 2. The van der Waals surface area contributed by atoms with Crippen LogP contribution < -0.4 is 5.32 Å². The number of imide groups is 1. The number of likely N-dealkylation sites (N-methyl/N-ethyl adjacent to an activating group) is 1. The molecule has 3 N–H and O–H groups in total. The number of hydrogen-bond acceptors (Lipinski definition) is 4. The van der Waals surface area contributed by atoms with Gasteiger partial charge in [0.1, 0.15) is 0 Å². The molecule has 35 heavy (non-hydrogen) atoms. The lowest BCUT2D eigenvalue weighted by atomic mass is 9.95. The highest BCUT2D eigenvalue weighted by Gasteiger charge is 2.35. The summed E-state index contributed by atoms with van der Waals surface area (Å²) in [5.74, 6) is -0.803. The summed E-state index contributed by atoms with van der Waals surface area (Å²) in [6, 6.07) is 13.8. The van der Waals surface area contributed by atoms with Crippen LogP contribution in [-0.4, -0.2) is 57.1 Å². The zero-order chi connectivity index (χ0) is 24.7. The van der Waals surface area contributed by atoms with Crippen LogP contribution in [0.3, 0.4) is 0 Å². The zero-order valence-electron chi connectivity index (χ0n) is 20.3. The molecule has 180 valence electrons. The Morgan fingerprint density at radius 1 is 0.971 bits per heavy atom. The minimum atomic E-state index is -0.569. The monoisotopic (exact) mass is 470 g/mol. The molecule has 0 saturated heterocycles. The number of amides is 2. The van der Waals surface area contributed by atoms with Crippen molar-refractivity contribution >= 4 is 44.8 Å². The first kappa shape index (κ1) is 23.1. The Labute approximate surface area is 204 Å². The average molecular weight is 471 g/mol. The van der Waals surface area contributed by atoms with Crippen LogP contribution in [0.5, 0.6) is 0 Å². The Bertz CT molecular complexity index is 1470. The molecule has 1 aliphatic heterocycles. The van der Waals surface area contributed by atoms with Gasteiger partial charge in [0.15, 0.2) is 0 Å². The Kier molecular flexibility index (Phi) is 6.05. The summed E-state index contributed by atoms with van der Waals surface area (Å²) in [7, 11) is 0. The summed E-state index contributed by atoms with van der Waals surface area (Å²) < 4.78 is 2.00. The number of carbonyl (C=O) groups is 2. The number of aliphatic hydroxyl groups is 1. The Balaban J connectivity index is 1.67. The smallest absolute Gasteiger partial charge is 0.259 e. The quantitative estimate of drug-likeness (QED) is 0.343. The first-order valence-electron chi connectivity index (χ1n) is 12.1. The van der Waals surface area contributed by atoms with Gasteiger partial charge in [0.05, 0.1) is 17.3 Å². The van der Waals surface area contributed by atoms with Crippen LogP contribution in [-0.2, 0) is 16.1 Å². The van der Waals surface area contributed by atoms with E-state index < -0.39 is 17.9 Å². The number of aliphatic hydroxyl groups excluding tert-OH is 1. The van der Waals surface area contributed by atoms with Gasteiger partial charge in [-0.3, -0.25) is 14.9 Å². The number of aromatic amines is 1. The van der Waals surface area contributed by atoms with Crippen molar-refractivity contribution in [3.63, 3.8) is 0 Å². The van der Waals surface area contributed by atoms with E-state index >= 15 is 0 Å². The maximum Gasteiger partial charge on any atom is 0.259 e. The van der Waals surface area contributed by atoms with Gasteiger partial charge in [-0.25, -0.2) is 0 Å². The van der Waals surface area contributed by atoms with Gasteiger partial charge in [0.25, 0.3) is 11.8 Å². The molecule has 7 heteroatoms. The fourth-order valence-electron chi connectivity index (χ4n) is 5.06. The molecule has 0 radical (unpaired) electrons. The third kappa shape index (κ3) is 4.07. The van der Waals surface area contributed by atoms with Crippen LogP contribution >= 0.6 is 0 Å². The molecule has 1 atom stereocenters. The largest absolute Gasteiger partial charge is 0.390 e. The number of aryl methyl sites for hydroxylation is 1. The predicted octanol–water partition coefficient (Wildman–Crippen LogP) is 3.70. The van der Waals surface area contributed by atoms with Gasteiger partial charge >= 0.3 is 0 Å². The topological polar surface area (TPSA) is 90.4 Å². The van der Waals surface area contributed by atoms with Gasteiger partial charge in [-0.1, -0.05) is 44.2 Å². The number of nitrogens with one attached hydrogen (secondary N) is 2. The maximum absolute atomic E-state index is 13.1. The molecule has 0 saturated carbocycles. The number of hydrogen-bond donors (Lipinski definition) is 3. The van der Waals surface area contributed by atoms with E-state index in [1.54, 1.807) is 6.20 Å². The molecule has 0 aliphatic carbocycles. The number of para-hydroxylation sites is 1. The number of rotatable bonds is 8. The lowest BCUT2D eigenvalue weighted by Crippen LogP contribution is -2.34. The van der Waals surface area contributed by atoms with Gasteiger partial charge in [0, 0.05) is 58.4 Å². The summed E-state index contributed by atoms with van der Waals surface area (Å²) in [6.45, 7) is 8.87. The van der Waals surface area contributed by atoms with Crippen molar-refractivity contribution in [3.05, 3.63) is 71.5 Å². The normalized spacial score (nSPS) is 15.1. The number of H-pyrrole nitrogens is 1. The SMILES string of the molecule is CCN(CC)CC(O)Cn1cc(C2=C(c3c[nH]c4ccccc34)C(=O)NC2=O)c2ccc(C)cc21. The molecule has 4 aromatic rings. The molecule has 0 spiro atoms. The number of benzene rings is 2. The van der Waals surface area contributed by atoms with Crippen molar-refractivity contribution in [2.45, 2.75) is 33.4 Å². The standard InChI is InChI=1S/C28H30N4O3/c1-4-31(5-2)14-18(33)15-32-16-22(20-11-10-17(3)12-24(20)32)26-25(27(34)30-28(26)35)21-13-29-23-9-7-6-8-19(21)23/h6-13,16,18,29,33H,4-5,14-15H2,1-3H3,(H,30,34,35). The lowest BCUT2D eigenvalue weighted by molar-refractivity contribution is -0.122. The summed E-state index contributed by atoms with van der Waals surface area (Å²) >= 11 is 0. The van der Waals surface area contributed by atoms with E-state index in [-0.39, 0.29) is 0 Å². The van der Waals surface area contributed by atoms with Gasteiger partial charge in [0.2, 0.25) is 0 Å². The molecule has 2 aromatic carbocycles. The molecule has 0 fully saturated rings. The molecule has 2 aromatic heterocycles. The molecule has 7 nitrogen and oxygen atoms in total. The minimum Gasteiger partial charge on any atom is -0.390 e. The predicted molar refractivity (Wildman–Crippen MR) is 139 cm³/mol. The molecule has 2 amide bonds.